The van der Waals surface area contributed by atoms with Gasteiger partial charge >= 0.3 is 0 Å². The predicted molar refractivity (Wildman–Crippen MR) is 73.0 cm³/mol. The van der Waals surface area contributed by atoms with Gasteiger partial charge in [0.25, 0.3) is 0 Å². The summed E-state index contributed by atoms with van der Waals surface area (Å²) >= 11 is 3.41. The van der Waals surface area contributed by atoms with Crippen molar-refractivity contribution in [3.05, 3.63) is 52.3 Å². The molecule has 0 saturated carbocycles. The van der Waals surface area contributed by atoms with Crippen molar-refractivity contribution in [3.63, 3.8) is 0 Å². The van der Waals surface area contributed by atoms with Crippen molar-refractivity contribution in [2.45, 2.75) is 6.92 Å². The molecule has 17 heavy (non-hydrogen) atoms. The Hall–Kier alpha value is -1.55. The number of nitrogen functional groups attached to an aromatic ring is 1. The monoisotopic (exact) mass is 294 g/mol. The quantitative estimate of drug-likeness (QED) is 0.814. The van der Waals surface area contributed by atoms with Gasteiger partial charge in [-0.3, -0.25) is 0 Å². The van der Waals surface area contributed by atoms with Gasteiger partial charge in [-0.1, -0.05) is 0 Å². The molecule has 0 atom stereocenters. The number of hydrogen-bond donors (Lipinski definition) is 2. The molecule has 0 heterocycles. The van der Waals surface area contributed by atoms with E-state index in [1.165, 1.54) is 12.1 Å². The van der Waals surface area contributed by atoms with Crippen LogP contribution in [0.5, 0.6) is 0 Å². The molecule has 0 aliphatic heterocycles. The minimum absolute atomic E-state index is 0.251. The second kappa shape index (κ2) is 4.75. The second-order valence-electron chi connectivity index (χ2n) is 3.88. The van der Waals surface area contributed by atoms with Crippen LogP contribution in [0.25, 0.3) is 0 Å². The Morgan fingerprint density at radius 1 is 1.18 bits per heavy atom. The summed E-state index contributed by atoms with van der Waals surface area (Å²) in [5.41, 5.74) is 8.77. The molecule has 0 unspecified atom stereocenters. The van der Waals surface area contributed by atoms with Crippen LogP contribution in [0.3, 0.4) is 0 Å². The fraction of sp³-hybridized carbons (Fsp3) is 0.0769. The molecule has 0 bridgehead atoms. The van der Waals surface area contributed by atoms with Crippen LogP contribution in [0.1, 0.15) is 5.56 Å². The number of anilines is 3. The molecule has 0 fully saturated rings. The third kappa shape index (κ3) is 2.97. The lowest BCUT2D eigenvalue weighted by molar-refractivity contribution is 0.627. The molecule has 2 aromatic carbocycles. The lowest BCUT2D eigenvalue weighted by atomic mass is 10.2. The van der Waals surface area contributed by atoms with Crippen molar-refractivity contribution in [1.82, 2.24) is 0 Å². The highest BCUT2D eigenvalue weighted by Gasteiger charge is 2.02. The summed E-state index contributed by atoms with van der Waals surface area (Å²) < 4.78 is 14.1. The Morgan fingerprint density at radius 2 is 1.94 bits per heavy atom. The van der Waals surface area contributed by atoms with Gasteiger partial charge in [-0.05, 0) is 64.8 Å². The highest BCUT2D eigenvalue weighted by Crippen LogP contribution is 2.28. The highest BCUT2D eigenvalue weighted by atomic mass is 79.9. The van der Waals surface area contributed by atoms with Gasteiger partial charge in [0, 0.05) is 15.8 Å². The van der Waals surface area contributed by atoms with Crippen molar-refractivity contribution in [2.24, 2.45) is 0 Å². The van der Waals surface area contributed by atoms with Gasteiger partial charge in [0.05, 0.1) is 5.69 Å². The first kappa shape index (κ1) is 11.9. The summed E-state index contributed by atoms with van der Waals surface area (Å²) in [6.07, 6.45) is 0. The maximum absolute atomic E-state index is 13.2. The van der Waals surface area contributed by atoms with E-state index in [4.69, 9.17) is 5.73 Å². The first-order valence-corrected chi connectivity index (χ1v) is 5.93. The van der Waals surface area contributed by atoms with Crippen molar-refractivity contribution in [1.29, 1.82) is 0 Å². The van der Waals surface area contributed by atoms with E-state index in [0.29, 0.717) is 11.4 Å². The smallest absolute Gasteiger partial charge is 0.125 e. The van der Waals surface area contributed by atoms with Gasteiger partial charge in [-0.25, -0.2) is 4.39 Å². The van der Waals surface area contributed by atoms with Crippen LogP contribution in [0.2, 0.25) is 0 Å². The second-order valence-corrected chi connectivity index (χ2v) is 4.74. The predicted octanol–water partition coefficient (Wildman–Crippen LogP) is 4.22. The summed E-state index contributed by atoms with van der Waals surface area (Å²) in [5, 5.41) is 3.14. The van der Waals surface area contributed by atoms with Gasteiger partial charge in [-0.15, -0.1) is 0 Å². The Morgan fingerprint density at radius 3 is 2.59 bits per heavy atom. The van der Waals surface area contributed by atoms with Crippen molar-refractivity contribution < 1.29 is 4.39 Å². The largest absolute Gasteiger partial charge is 0.399 e. The van der Waals surface area contributed by atoms with E-state index in [1.807, 2.05) is 19.1 Å². The standard InChI is InChI=1S/C13H12BrFN2/c1-8-4-9(15)6-11(5-8)17-13-3-2-10(16)7-12(13)14/h2-7,17H,16H2,1H3. The van der Waals surface area contributed by atoms with Crippen LogP contribution >= 0.6 is 15.9 Å². The number of halogens is 2. The number of nitrogens with two attached hydrogens (primary N) is 1. The molecule has 0 amide bonds. The summed E-state index contributed by atoms with van der Waals surface area (Å²) in [6.45, 7) is 1.85. The minimum Gasteiger partial charge on any atom is -0.399 e. The normalized spacial score (nSPS) is 10.3. The molecule has 88 valence electrons. The van der Waals surface area contributed by atoms with E-state index >= 15 is 0 Å². The van der Waals surface area contributed by atoms with E-state index in [-0.39, 0.29) is 5.82 Å². The first-order chi connectivity index (χ1) is 8.04. The van der Waals surface area contributed by atoms with Gasteiger partial charge < -0.3 is 11.1 Å². The molecule has 0 spiro atoms. The third-order valence-electron chi connectivity index (χ3n) is 2.31. The van der Waals surface area contributed by atoms with Crippen molar-refractivity contribution >= 4 is 33.0 Å². The van der Waals surface area contributed by atoms with Crippen LogP contribution in [-0.2, 0) is 0 Å². The van der Waals surface area contributed by atoms with Crippen molar-refractivity contribution in [3.8, 4) is 0 Å². The molecule has 0 aromatic heterocycles. The Labute approximate surface area is 108 Å². The lowest BCUT2D eigenvalue weighted by Crippen LogP contribution is -1.94. The Balaban J connectivity index is 2.31. The summed E-state index contributed by atoms with van der Waals surface area (Å²) in [5.74, 6) is -0.251. The fourth-order valence-electron chi connectivity index (χ4n) is 1.60. The molecule has 2 nitrogen and oxygen atoms in total. The molecule has 2 rings (SSSR count). The van der Waals surface area contributed by atoms with Crippen LogP contribution in [0, 0.1) is 12.7 Å². The number of aryl methyl sites for hydroxylation is 1. The zero-order chi connectivity index (χ0) is 12.4. The third-order valence-corrected chi connectivity index (χ3v) is 2.97. The van der Waals surface area contributed by atoms with Crippen LogP contribution in [-0.4, -0.2) is 0 Å². The zero-order valence-electron chi connectivity index (χ0n) is 9.30. The molecule has 0 radical (unpaired) electrons. The van der Waals surface area contributed by atoms with Crippen LogP contribution < -0.4 is 11.1 Å². The number of hydrogen-bond acceptors (Lipinski definition) is 2. The Kier molecular flexibility index (Phi) is 3.33. The van der Waals surface area contributed by atoms with Crippen molar-refractivity contribution in [2.75, 3.05) is 11.1 Å². The summed E-state index contributed by atoms with van der Waals surface area (Å²) in [7, 11) is 0. The minimum atomic E-state index is -0.251. The highest BCUT2D eigenvalue weighted by molar-refractivity contribution is 9.10. The molecular weight excluding hydrogens is 283 g/mol. The molecule has 3 N–H and O–H groups in total. The fourth-order valence-corrected chi connectivity index (χ4v) is 2.09. The van der Waals surface area contributed by atoms with E-state index in [0.717, 1.165) is 15.7 Å². The Bertz CT molecular complexity index is 535. The van der Waals surface area contributed by atoms with Crippen LogP contribution in [0.15, 0.2) is 40.9 Å². The molecular formula is C13H12BrFN2. The average Bonchev–Trinajstić information content (AvgIpc) is 2.21. The van der Waals surface area contributed by atoms with Crippen LogP contribution in [0.4, 0.5) is 21.5 Å². The van der Waals surface area contributed by atoms with E-state index in [1.54, 1.807) is 12.1 Å². The summed E-state index contributed by atoms with van der Waals surface area (Å²) in [4.78, 5) is 0. The van der Waals surface area contributed by atoms with E-state index in [9.17, 15) is 4.39 Å². The zero-order valence-corrected chi connectivity index (χ0v) is 10.9. The van der Waals surface area contributed by atoms with Gasteiger partial charge in [-0.2, -0.15) is 0 Å². The first-order valence-electron chi connectivity index (χ1n) is 5.14. The topological polar surface area (TPSA) is 38.0 Å². The van der Waals surface area contributed by atoms with Gasteiger partial charge in [0.2, 0.25) is 0 Å². The maximum atomic E-state index is 13.2. The molecule has 0 aliphatic rings. The van der Waals surface area contributed by atoms with Gasteiger partial charge in [0.1, 0.15) is 5.82 Å². The molecule has 0 saturated heterocycles. The number of rotatable bonds is 2. The van der Waals surface area contributed by atoms with E-state index < -0.39 is 0 Å². The number of benzene rings is 2. The average molecular weight is 295 g/mol. The van der Waals surface area contributed by atoms with E-state index in [2.05, 4.69) is 21.2 Å². The van der Waals surface area contributed by atoms with Gasteiger partial charge in [0.15, 0.2) is 0 Å². The SMILES string of the molecule is Cc1cc(F)cc(Nc2ccc(N)cc2Br)c1. The molecule has 0 aliphatic carbocycles. The lowest BCUT2D eigenvalue weighted by Gasteiger charge is -2.10. The molecule has 2 aromatic rings. The maximum Gasteiger partial charge on any atom is 0.125 e. The summed E-state index contributed by atoms with van der Waals surface area (Å²) in [6, 6.07) is 10.3. The molecule has 4 heteroatoms. The number of nitrogens with one attached hydrogen (secondary N) is 1.